The van der Waals surface area contributed by atoms with Crippen molar-refractivity contribution in [2.45, 2.75) is 12.8 Å². The third-order valence-corrected chi connectivity index (χ3v) is 3.56. The number of likely N-dealkylation sites (tertiary alicyclic amines) is 1. The average Bonchev–Trinajstić information content (AvgIpc) is 2.40. The van der Waals surface area contributed by atoms with E-state index in [2.05, 4.69) is 28.9 Å². The Labute approximate surface area is 115 Å². The van der Waals surface area contributed by atoms with Gasteiger partial charge in [-0.15, -0.1) is 0 Å². The maximum absolute atomic E-state index is 6.09. The summed E-state index contributed by atoms with van der Waals surface area (Å²) in [5.74, 6) is 1.44. The Bertz CT molecular complexity index is 405. The van der Waals surface area contributed by atoms with Crippen LogP contribution in [0.4, 0.5) is 5.69 Å². The minimum absolute atomic E-state index is 0.648. The Morgan fingerprint density at radius 3 is 2.47 bits per heavy atom. The summed E-state index contributed by atoms with van der Waals surface area (Å²) in [5, 5.41) is 0. The molecule has 19 heavy (non-hydrogen) atoms. The predicted molar refractivity (Wildman–Crippen MR) is 80.6 cm³/mol. The third kappa shape index (κ3) is 4.24. The molecule has 2 rings (SSSR count). The lowest BCUT2D eigenvalue weighted by Crippen LogP contribution is -2.44. The lowest BCUT2D eigenvalue weighted by atomic mass is 9.97. The summed E-state index contributed by atoms with van der Waals surface area (Å²) in [4.78, 5) is 8.94. The normalized spacial score (nSPS) is 18.1. The number of para-hydroxylation sites is 1. The fourth-order valence-electron chi connectivity index (χ4n) is 2.57. The minimum Gasteiger partial charge on any atom is -0.369 e. The highest BCUT2D eigenvalue weighted by Gasteiger charge is 2.20. The molecular weight excluding hydrogens is 236 g/mol. The van der Waals surface area contributed by atoms with Crippen molar-refractivity contribution in [1.82, 2.24) is 9.80 Å². The molecule has 0 unspecified atom stereocenters. The Hall–Kier alpha value is -1.55. The maximum atomic E-state index is 6.09. The maximum Gasteiger partial charge on any atom is 0.196 e. The molecule has 1 aliphatic heterocycles. The van der Waals surface area contributed by atoms with Crippen LogP contribution in [0.5, 0.6) is 0 Å². The monoisotopic (exact) mass is 260 g/mol. The van der Waals surface area contributed by atoms with E-state index in [1.165, 1.54) is 19.4 Å². The summed E-state index contributed by atoms with van der Waals surface area (Å²) in [7, 11) is 4.27. The molecule has 1 aliphatic rings. The first-order valence-electron chi connectivity index (χ1n) is 6.94. The van der Waals surface area contributed by atoms with Gasteiger partial charge < -0.3 is 15.5 Å². The number of hydrogen-bond donors (Lipinski definition) is 1. The van der Waals surface area contributed by atoms with Gasteiger partial charge in [-0.3, -0.25) is 0 Å². The highest BCUT2D eigenvalue weighted by Crippen LogP contribution is 2.18. The molecule has 0 amide bonds. The number of nitrogens with two attached hydrogens (primary N) is 1. The molecule has 0 aliphatic carbocycles. The molecule has 4 heteroatoms. The van der Waals surface area contributed by atoms with Gasteiger partial charge in [-0.1, -0.05) is 18.2 Å². The Morgan fingerprint density at radius 1 is 1.26 bits per heavy atom. The molecule has 1 fully saturated rings. The van der Waals surface area contributed by atoms with E-state index in [4.69, 9.17) is 5.73 Å². The first kappa shape index (κ1) is 13.9. The van der Waals surface area contributed by atoms with Crippen molar-refractivity contribution in [2.75, 3.05) is 33.7 Å². The number of piperidine rings is 1. The van der Waals surface area contributed by atoms with Crippen molar-refractivity contribution in [3.63, 3.8) is 0 Å². The van der Waals surface area contributed by atoms with Gasteiger partial charge in [0.15, 0.2) is 5.96 Å². The standard InChI is InChI=1S/C15H24N4/c1-18(2)12-13-8-10-19(11-9-13)15(16)17-14-6-4-3-5-7-14/h3-7,13H,8-12H2,1-2H3,(H2,16,17). The van der Waals surface area contributed by atoms with Crippen LogP contribution in [0, 0.1) is 5.92 Å². The highest BCUT2D eigenvalue weighted by atomic mass is 15.3. The zero-order valence-corrected chi connectivity index (χ0v) is 11.9. The van der Waals surface area contributed by atoms with Crippen LogP contribution >= 0.6 is 0 Å². The van der Waals surface area contributed by atoms with E-state index in [0.29, 0.717) is 5.96 Å². The second-order valence-electron chi connectivity index (χ2n) is 5.50. The van der Waals surface area contributed by atoms with Crippen LogP contribution in [-0.4, -0.2) is 49.5 Å². The van der Waals surface area contributed by atoms with Gasteiger partial charge in [0.05, 0.1) is 5.69 Å². The first-order valence-corrected chi connectivity index (χ1v) is 6.94. The van der Waals surface area contributed by atoms with E-state index in [0.717, 1.165) is 24.7 Å². The quantitative estimate of drug-likeness (QED) is 0.667. The highest BCUT2D eigenvalue weighted by molar-refractivity contribution is 5.81. The van der Waals surface area contributed by atoms with Gasteiger partial charge in [-0.25, -0.2) is 4.99 Å². The number of nitrogens with zero attached hydrogens (tertiary/aromatic N) is 3. The molecule has 1 aromatic rings. The van der Waals surface area contributed by atoms with Crippen LogP contribution in [0.3, 0.4) is 0 Å². The zero-order valence-electron chi connectivity index (χ0n) is 11.9. The lowest BCUT2D eigenvalue weighted by molar-refractivity contribution is 0.218. The molecule has 1 heterocycles. The van der Waals surface area contributed by atoms with Gasteiger partial charge in [0.25, 0.3) is 0 Å². The molecule has 0 aromatic heterocycles. The van der Waals surface area contributed by atoms with Crippen molar-refractivity contribution in [2.24, 2.45) is 16.6 Å². The average molecular weight is 260 g/mol. The van der Waals surface area contributed by atoms with Gasteiger partial charge in [0.1, 0.15) is 0 Å². The lowest BCUT2D eigenvalue weighted by Gasteiger charge is -2.33. The number of rotatable bonds is 3. The van der Waals surface area contributed by atoms with Crippen molar-refractivity contribution >= 4 is 11.6 Å². The first-order chi connectivity index (χ1) is 9.15. The largest absolute Gasteiger partial charge is 0.369 e. The van der Waals surface area contributed by atoms with Crippen LogP contribution in [-0.2, 0) is 0 Å². The van der Waals surface area contributed by atoms with E-state index >= 15 is 0 Å². The molecular formula is C15H24N4. The molecule has 1 saturated heterocycles. The summed E-state index contributed by atoms with van der Waals surface area (Å²) in [5.41, 5.74) is 7.02. The zero-order chi connectivity index (χ0) is 13.7. The minimum atomic E-state index is 0.648. The Kier molecular flexibility index (Phi) is 4.80. The summed E-state index contributed by atoms with van der Waals surface area (Å²) in [6.45, 7) is 3.20. The molecule has 4 nitrogen and oxygen atoms in total. The van der Waals surface area contributed by atoms with Crippen molar-refractivity contribution in [3.8, 4) is 0 Å². The SMILES string of the molecule is CN(C)CC1CCN(C(N)=Nc2ccccc2)CC1. The molecule has 104 valence electrons. The molecule has 0 bridgehead atoms. The van der Waals surface area contributed by atoms with E-state index in [1.54, 1.807) is 0 Å². The van der Waals surface area contributed by atoms with Gasteiger partial charge in [0, 0.05) is 19.6 Å². The van der Waals surface area contributed by atoms with E-state index < -0.39 is 0 Å². The Morgan fingerprint density at radius 2 is 1.89 bits per heavy atom. The van der Waals surface area contributed by atoms with Crippen molar-refractivity contribution in [1.29, 1.82) is 0 Å². The van der Waals surface area contributed by atoms with Gasteiger partial charge in [0.2, 0.25) is 0 Å². The van der Waals surface area contributed by atoms with Gasteiger partial charge in [-0.2, -0.15) is 0 Å². The van der Waals surface area contributed by atoms with Gasteiger partial charge in [-0.05, 0) is 45.0 Å². The fourth-order valence-corrected chi connectivity index (χ4v) is 2.57. The topological polar surface area (TPSA) is 44.9 Å². The second-order valence-corrected chi connectivity index (χ2v) is 5.50. The molecule has 0 saturated carbocycles. The smallest absolute Gasteiger partial charge is 0.196 e. The Balaban J connectivity index is 1.89. The summed E-state index contributed by atoms with van der Waals surface area (Å²) in [6.07, 6.45) is 2.40. The number of hydrogen-bond acceptors (Lipinski definition) is 2. The summed E-state index contributed by atoms with van der Waals surface area (Å²) in [6, 6.07) is 9.91. The van der Waals surface area contributed by atoms with Crippen molar-refractivity contribution < 1.29 is 0 Å². The van der Waals surface area contributed by atoms with E-state index in [-0.39, 0.29) is 0 Å². The van der Waals surface area contributed by atoms with Gasteiger partial charge >= 0.3 is 0 Å². The van der Waals surface area contributed by atoms with Crippen LogP contribution in [0.25, 0.3) is 0 Å². The van der Waals surface area contributed by atoms with E-state index in [1.807, 2.05) is 30.3 Å². The van der Waals surface area contributed by atoms with Crippen LogP contribution in [0.1, 0.15) is 12.8 Å². The predicted octanol–water partition coefficient (Wildman–Crippen LogP) is 1.91. The molecule has 0 radical (unpaired) electrons. The summed E-state index contributed by atoms with van der Waals surface area (Å²) >= 11 is 0. The molecule has 0 atom stereocenters. The fraction of sp³-hybridized carbons (Fsp3) is 0.533. The van der Waals surface area contributed by atoms with Crippen LogP contribution in [0.2, 0.25) is 0 Å². The number of benzene rings is 1. The van der Waals surface area contributed by atoms with E-state index in [9.17, 15) is 0 Å². The van der Waals surface area contributed by atoms with Crippen LogP contribution < -0.4 is 5.73 Å². The molecule has 2 N–H and O–H groups in total. The molecule has 0 spiro atoms. The van der Waals surface area contributed by atoms with Crippen molar-refractivity contribution in [3.05, 3.63) is 30.3 Å². The number of aliphatic imine (C=N–C) groups is 1. The third-order valence-electron chi connectivity index (χ3n) is 3.56. The summed E-state index contributed by atoms with van der Waals surface area (Å²) < 4.78 is 0. The van der Waals surface area contributed by atoms with Crippen LogP contribution in [0.15, 0.2) is 35.3 Å². The number of guanidine groups is 1. The molecule has 1 aromatic carbocycles. The second kappa shape index (κ2) is 6.57.